The lowest BCUT2D eigenvalue weighted by Gasteiger charge is -2.32. The molecule has 36 heavy (non-hydrogen) atoms. The molecule has 6 nitrogen and oxygen atoms in total. The normalized spacial score (nSPS) is 11.2. The smallest absolute Gasteiger partial charge is 0.254 e. The first kappa shape index (κ1) is 26.8. The number of nitrogens with zero attached hydrogens (tertiary/aromatic N) is 1. The van der Waals surface area contributed by atoms with Crippen LogP contribution in [0, 0.1) is 17.0 Å². The van der Waals surface area contributed by atoms with E-state index in [1.807, 2.05) is 26.0 Å². The van der Waals surface area contributed by atoms with Crippen molar-refractivity contribution >= 4 is 17.5 Å². The van der Waals surface area contributed by atoms with Gasteiger partial charge in [-0.3, -0.25) is 9.59 Å². The van der Waals surface area contributed by atoms with E-state index >= 15 is 0 Å². The van der Waals surface area contributed by atoms with Crippen molar-refractivity contribution in [2.75, 3.05) is 25.5 Å². The lowest BCUT2D eigenvalue weighted by molar-refractivity contribution is -0.115. The molecule has 0 heterocycles. The van der Waals surface area contributed by atoms with Gasteiger partial charge in [0.15, 0.2) is 0 Å². The second-order valence-electron chi connectivity index (χ2n) is 9.46. The Hall–Kier alpha value is -3.78. The molecular formula is C28H31F2N3O3. The summed E-state index contributed by atoms with van der Waals surface area (Å²) in [6.07, 6.45) is 0.215. The Morgan fingerprint density at radius 3 is 2.08 bits per heavy atom. The van der Waals surface area contributed by atoms with Crippen LogP contribution in [0.15, 0.2) is 66.7 Å². The van der Waals surface area contributed by atoms with Gasteiger partial charge in [0.25, 0.3) is 5.91 Å². The second kappa shape index (κ2) is 11.8. The van der Waals surface area contributed by atoms with E-state index < -0.39 is 23.0 Å². The largest absolute Gasteiger partial charge is 0.497 e. The molecule has 3 rings (SSSR count). The zero-order valence-electron chi connectivity index (χ0n) is 20.7. The highest BCUT2D eigenvalue weighted by Crippen LogP contribution is 2.21. The van der Waals surface area contributed by atoms with Gasteiger partial charge in [-0.1, -0.05) is 38.1 Å². The molecule has 0 saturated carbocycles. The number of halogens is 2. The number of nitrogens with one attached hydrogen (secondary N) is 1. The molecule has 0 radical (unpaired) electrons. The highest BCUT2D eigenvalue weighted by Gasteiger charge is 2.25. The number of rotatable bonds is 10. The number of hydrogen-bond acceptors (Lipinski definition) is 4. The van der Waals surface area contributed by atoms with E-state index in [-0.39, 0.29) is 24.4 Å². The summed E-state index contributed by atoms with van der Waals surface area (Å²) >= 11 is 0. The zero-order valence-corrected chi connectivity index (χ0v) is 20.7. The molecular weight excluding hydrogens is 464 g/mol. The summed E-state index contributed by atoms with van der Waals surface area (Å²) in [5.41, 5.74) is 7.66. The molecule has 3 N–H and O–H groups in total. The summed E-state index contributed by atoms with van der Waals surface area (Å²) in [7, 11) is 1.58. The van der Waals surface area contributed by atoms with Crippen molar-refractivity contribution in [2.45, 2.75) is 26.8 Å². The molecule has 3 aromatic rings. The quantitative estimate of drug-likeness (QED) is 0.424. The van der Waals surface area contributed by atoms with Crippen LogP contribution < -0.4 is 15.8 Å². The van der Waals surface area contributed by atoms with Crippen LogP contribution in [0.5, 0.6) is 5.75 Å². The van der Waals surface area contributed by atoms with Crippen molar-refractivity contribution in [3.05, 3.63) is 95.1 Å². The van der Waals surface area contributed by atoms with Crippen LogP contribution in [-0.2, 0) is 17.8 Å². The Morgan fingerprint density at radius 1 is 0.944 bits per heavy atom. The minimum atomic E-state index is -0.814. The molecule has 0 spiro atoms. The molecule has 190 valence electrons. The Kier molecular flexibility index (Phi) is 8.77. The minimum absolute atomic E-state index is 0.0669. The van der Waals surface area contributed by atoms with Gasteiger partial charge < -0.3 is 20.7 Å². The lowest BCUT2D eigenvalue weighted by atomic mass is 9.92. The predicted molar refractivity (Wildman–Crippen MR) is 136 cm³/mol. The van der Waals surface area contributed by atoms with E-state index in [0.717, 1.165) is 35.1 Å². The number of ether oxygens (including phenoxy) is 1. The van der Waals surface area contributed by atoms with Gasteiger partial charge >= 0.3 is 0 Å². The van der Waals surface area contributed by atoms with E-state index in [1.54, 1.807) is 43.5 Å². The van der Waals surface area contributed by atoms with Crippen molar-refractivity contribution < 1.29 is 23.1 Å². The maximum atomic E-state index is 13.7. The van der Waals surface area contributed by atoms with E-state index in [1.165, 1.54) is 4.90 Å². The summed E-state index contributed by atoms with van der Waals surface area (Å²) in [5.74, 6) is -1.56. The Bertz CT molecular complexity index is 1180. The first-order valence-corrected chi connectivity index (χ1v) is 11.6. The first-order chi connectivity index (χ1) is 17.1. The number of hydrogen-bond donors (Lipinski definition) is 2. The number of benzene rings is 3. The van der Waals surface area contributed by atoms with Crippen LogP contribution in [0.2, 0.25) is 0 Å². The van der Waals surface area contributed by atoms with E-state index in [0.29, 0.717) is 18.8 Å². The summed E-state index contributed by atoms with van der Waals surface area (Å²) in [6, 6.07) is 17.1. The monoisotopic (exact) mass is 495 g/mol. The zero-order chi connectivity index (χ0) is 26.3. The number of anilines is 1. The fourth-order valence-corrected chi connectivity index (χ4v) is 3.69. The summed E-state index contributed by atoms with van der Waals surface area (Å²) < 4.78 is 32.6. The maximum Gasteiger partial charge on any atom is 0.254 e. The highest BCUT2D eigenvalue weighted by atomic mass is 19.1. The van der Waals surface area contributed by atoms with Gasteiger partial charge in [-0.25, -0.2) is 8.78 Å². The van der Waals surface area contributed by atoms with E-state index in [2.05, 4.69) is 5.32 Å². The fourth-order valence-electron chi connectivity index (χ4n) is 3.69. The second-order valence-corrected chi connectivity index (χ2v) is 9.46. The summed E-state index contributed by atoms with van der Waals surface area (Å²) in [4.78, 5) is 27.1. The maximum absolute atomic E-state index is 13.7. The van der Waals surface area contributed by atoms with Gasteiger partial charge in [-0.05, 0) is 59.5 Å². The summed E-state index contributed by atoms with van der Waals surface area (Å²) in [5, 5.41) is 2.86. The third-order valence-corrected chi connectivity index (χ3v) is 5.70. The van der Waals surface area contributed by atoms with Crippen LogP contribution in [0.1, 0.15) is 35.3 Å². The molecule has 8 heteroatoms. The molecule has 0 aliphatic carbocycles. The molecule has 0 atom stereocenters. The van der Waals surface area contributed by atoms with Crippen molar-refractivity contribution in [1.29, 1.82) is 0 Å². The third-order valence-electron chi connectivity index (χ3n) is 5.70. The van der Waals surface area contributed by atoms with Gasteiger partial charge in [0.2, 0.25) is 5.91 Å². The third kappa shape index (κ3) is 7.61. The minimum Gasteiger partial charge on any atom is -0.497 e. The summed E-state index contributed by atoms with van der Waals surface area (Å²) in [6.45, 7) is 4.66. The van der Waals surface area contributed by atoms with Gasteiger partial charge in [0.05, 0.1) is 13.5 Å². The Morgan fingerprint density at radius 2 is 1.53 bits per heavy atom. The van der Waals surface area contributed by atoms with Gasteiger partial charge in [0, 0.05) is 30.4 Å². The molecule has 0 saturated heterocycles. The standard InChI is InChI=1S/C28H31F2N3O3/c1-28(2,17-31)18-33(27(35)21-13-22(29)15-23(30)14-21)16-20-4-8-24(9-5-20)32-26(34)12-19-6-10-25(36-3)11-7-19/h4-11,13-15H,12,16-18,31H2,1-3H3,(H,32,34). The number of amides is 2. The predicted octanol–water partition coefficient (Wildman–Crippen LogP) is 4.78. The van der Waals surface area contributed by atoms with Crippen LogP contribution in [0.3, 0.4) is 0 Å². The van der Waals surface area contributed by atoms with E-state index in [9.17, 15) is 18.4 Å². The van der Waals surface area contributed by atoms with Gasteiger partial charge in [-0.2, -0.15) is 0 Å². The van der Waals surface area contributed by atoms with Crippen molar-refractivity contribution in [1.82, 2.24) is 4.90 Å². The van der Waals surface area contributed by atoms with Crippen molar-refractivity contribution in [3.8, 4) is 5.75 Å². The average molecular weight is 496 g/mol. The van der Waals surface area contributed by atoms with Crippen LogP contribution in [-0.4, -0.2) is 36.9 Å². The molecule has 0 aromatic heterocycles. The first-order valence-electron chi connectivity index (χ1n) is 11.6. The average Bonchev–Trinajstić information content (AvgIpc) is 2.84. The van der Waals surface area contributed by atoms with Crippen LogP contribution in [0.25, 0.3) is 0 Å². The van der Waals surface area contributed by atoms with Crippen molar-refractivity contribution in [3.63, 3.8) is 0 Å². The Labute approximate surface area is 210 Å². The number of nitrogens with two attached hydrogens (primary N) is 1. The molecule has 0 fully saturated rings. The van der Waals surface area contributed by atoms with Crippen LogP contribution in [0.4, 0.5) is 14.5 Å². The molecule has 0 unspecified atom stereocenters. The molecule has 0 aliphatic rings. The fraction of sp³-hybridized carbons (Fsp3) is 0.286. The van der Waals surface area contributed by atoms with Crippen LogP contribution >= 0.6 is 0 Å². The highest BCUT2D eigenvalue weighted by molar-refractivity contribution is 5.94. The molecule has 3 aromatic carbocycles. The number of methoxy groups -OCH3 is 1. The van der Waals surface area contributed by atoms with Gasteiger partial charge in [0.1, 0.15) is 17.4 Å². The lowest BCUT2D eigenvalue weighted by Crippen LogP contribution is -2.41. The molecule has 0 aliphatic heterocycles. The molecule has 2 amide bonds. The molecule has 0 bridgehead atoms. The number of carbonyl (C=O) groups is 2. The Balaban J connectivity index is 1.70. The van der Waals surface area contributed by atoms with E-state index in [4.69, 9.17) is 10.5 Å². The number of carbonyl (C=O) groups excluding carboxylic acids is 2. The topological polar surface area (TPSA) is 84.7 Å². The van der Waals surface area contributed by atoms with Crippen molar-refractivity contribution in [2.24, 2.45) is 11.1 Å². The SMILES string of the molecule is COc1ccc(CC(=O)Nc2ccc(CN(CC(C)(C)CN)C(=O)c3cc(F)cc(F)c3)cc2)cc1. The van der Waals surface area contributed by atoms with Gasteiger partial charge in [-0.15, -0.1) is 0 Å².